The van der Waals surface area contributed by atoms with E-state index in [-0.39, 0.29) is 17.7 Å². The molecule has 1 aliphatic carbocycles. The lowest BCUT2D eigenvalue weighted by atomic mass is 9.91. The van der Waals surface area contributed by atoms with Crippen LogP contribution in [0.15, 0.2) is 24.3 Å². The van der Waals surface area contributed by atoms with E-state index < -0.39 is 0 Å². The first kappa shape index (κ1) is 19.4. The Morgan fingerprint density at radius 2 is 1.68 bits per heavy atom. The maximum atomic E-state index is 12.4. The van der Waals surface area contributed by atoms with Gasteiger partial charge < -0.3 is 10.2 Å². The number of likely N-dealkylation sites (tertiary alicyclic amines) is 2. The highest BCUT2D eigenvalue weighted by Gasteiger charge is 2.41. The summed E-state index contributed by atoms with van der Waals surface area (Å²) in [7, 11) is 0. The molecule has 2 saturated heterocycles. The normalized spacial score (nSPS) is 28.6. The number of nitrogens with one attached hydrogen (secondary N) is 1. The first-order chi connectivity index (χ1) is 13.5. The summed E-state index contributed by atoms with van der Waals surface area (Å²) in [5, 5.41) is 3.03. The van der Waals surface area contributed by atoms with Crippen molar-refractivity contribution in [2.75, 3.05) is 19.6 Å². The molecule has 152 valence electrons. The molecule has 0 radical (unpaired) electrons. The summed E-state index contributed by atoms with van der Waals surface area (Å²) in [6.07, 6.45) is 3.90. The summed E-state index contributed by atoms with van der Waals surface area (Å²) >= 11 is 0. The van der Waals surface area contributed by atoms with Crippen LogP contribution in [0.5, 0.6) is 0 Å². The smallest absolute Gasteiger partial charge is 0.225 e. The standard InChI is InChI=1S/C23H33N3O2/c1-16-9-17(2)13-25(12-16)14-19-5-3-18(4-6-19)11-24-23(28)20-10-22(27)26(15-20)21-7-8-21/h3-6,16-17,20-21H,7-15H2,1-2H3,(H,24,28)/t16-,17-,20+/m1/s1. The molecule has 5 heteroatoms. The molecule has 0 bridgehead atoms. The molecule has 3 atom stereocenters. The molecule has 3 aliphatic rings. The van der Waals surface area contributed by atoms with Crippen molar-refractivity contribution < 1.29 is 9.59 Å². The van der Waals surface area contributed by atoms with E-state index in [1.807, 2.05) is 4.90 Å². The van der Waals surface area contributed by atoms with Crippen molar-refractivity contribution in [3.8, 4) is 0 Å². The molecule has 1 N–H and O–H groups in total. The number of carbonyl (C=O) groups excluding carboxylic acids is 2. The lowest BCUT2D eigenvalue weighted by Gasteiger charge is -2.35. The van der Waals surface area contributed by atoms with E-state index in [1.165, 1.54) is 25.1 Å². The number of nitrogens with zero attached hydrogens (tertiary/aromatic N) is 2. The van der Waals surface area contributed by atoms with Crippen LogP contribution in [-0.2, 0) is 22.7 Å². The van der Waals surface area contributed by atoms with Gasteiger partial charge >= 0.3 is 0 Å². The Labute approximate surface area is 168 Å². The van der Waals surface area contributed by atoms with Gasteiger partial charge in [-0.2, -0.15) is 0 Å². The predicted octanol–water partition coefficient (Wildman–Crippen LogP) is 2.79. The van der Waals surface area contributed by atoms with E-state index in [9.17, 15) is 9.59 Å². The SMILES string of the molecule is C[C@@H]1C[C@@H](C)CN(Cc2ccc(CNC(=O)[C@H]3CC(=O)N(C4CC4)C3)cc2)C1. The second-order valence-electron chi connectivity index (χ2n) is 9.35. The summed E-state index contributed by atoms with van der Waals surface area (Å²) in [6, 6.07) is 8.99. The van der Waals surface area contributed by atoms with E-state index in [0.29, 0.717) is 25.6 Å². The molecule has 1 aromatic carbocycles. The number of hydrogen-bond acceptors (Lipinski definition) is 3. The third kappa shape index (κ3) is 4.75. The average Bonchev–Trinajstić information content (AvgIpc) is 3.42. The lowest BCUT2D eigenvalue weighted by molar-refractivity contribution is -0.129. The summed E-state index contributed by atoms with van der Waals surface area (Å²) in [4.78, 5) is 28.9. The number of amides is 2. The highest BCUT2D eigenvalue weighted by molar-refractivity contribution is 5.89. The van der Waals surface area contributed by atoms with Crippen molar-refractivity contribution >= 4 is 11.8 Å². The summed E-state index contributed by atoms with van der Waals surface area (Å²) in [5.41, 5.74) is 2.44. The third-order valence-electron chi connectivity index (χ3n) is 6.36. The minimum absolute atomic E-state index is 0.0110. The molecule has 3 fully saturated rings. The second-order valence-corrected chi connectivity index (χ2v) is 9.35. The first-order valence-electron chi connectivity index (χ1n) is 10.8. The van der Waals surface area contributed by atoms with Gasteiger partial charge in [0.15, 0.2) is 0 Å². The molecule has 5 nitrogen and oxygen atoms in total. The monoisotopic (exact) mass is 383 g/mol. The molecule has 4 rings (SSSR count). The Kier molecular flexibility index (Phi) is 5.72. The molecule has 28 heavy (non-hydrogen) atoms. The molecule has 2 aliphatic heterocycles. The van der Waals surface area contributed by atoms with Gasteiger partial charge in [0.05, 0.1) is 5.92 Å². The Morgan fingerprint density at radius 3 is 2.32 bits per heavy atom. The molecular formula is C23H33N3O2. The van der Waals surface area contributed by atoms with E-state index in [2.05, 4.69) is 48.3 Å². The molecule has 1 aromatic rings. The van der Waals surface area contributed by atoms with Crippen molar-refractivity contribution in [1.29, 1.82) is 0 Å². The van der Waals surface area contributed by atoms with Crippen LogP contribution in [-0.4, -0.2) is 47.3 Å². The van der Waals surface area contributed by atoms with E-state index >= 15 is 0 Å². The van der Waals surface area contributed by atoms with Crippen molar-refractivity contribution in [2.45, 2.75) is 58.7 Å². The van der Waals surface area contributed by atoms with Crippen molar-refractivity contribution in [3.05, 3.63) is 35.4 Å². The van der Waals surface area contributed by atoms with Crippen LogP contribution < -0.4 is 5.32 Å². The molecule has 2 heterocycles. The van der Waals surface area contributed by atoms with Crippen molar-refractivity contribution in [3.63, 3.8) is 0 Å². The largest absolute Gasteiger partial charge is 0.352 e. The summed E-state index contributed by atoms with van der Waals surface area (Å²) in [6.45, 7) is 9.18. The topological polar surface area (TPSA) is 52.7 Å². The predicted molar refractivity (Wildman–Crippen MR) is 109 cm³/mol. The Morgan fingerprint density at radius 1 is 1.04 bits per heavy atom. The van der Waals surface area contributed by atoms with Crippen molar-refractivity contribution in [2.24, 2.45) is 17.8 Å². The third-order valence-corrected chi connectivity index (χ3v) is 6.36. The zero-order valence-electron chi connectivity index (χ0n) is 17.2. The Bertz CT molecular complexity index is 703. The van der Waals surface area contributed by atoms with Crippen LogP contribution >= 0.6 is 0 Å². The zero-order chi connectivity index (χ0) is 19.7. The van der Waals surface area contributed by atoms with Crippen molar-refractivity contribution in [1.82, 2.24) is 15.1 Å². The minimum atomic E-state index is -0.185. The molecular weight excluding hydrogens is 350 g/mol. The fraction of sp³-hybridized carbons (Fsp3) is 0.652. The van der Waals surface area contributed by atoms with Gasteiger partial charge in [0.2, 0.25) is 11.8 Å². The van der Waals surface area contributed by atoms with Gasteiger partial charge in [-0.15, -0.1) is 0 Å². The van der Waals surface area contributed by atoms with Gasteiger partial charge in [-0.25, -0.2) is 0 Å². The summed E-state index contributed by atoms with van der Waals surface area (Å²) in [5.74, 6) is 1.52. The Hall–Kier alpha value is -1.88. The minimum Gasteiger partial charge on any atom is -0.352 e. The van der Waals surface area contributed by atoms with E-state index in [0.717, 1.165) is 36.8 Å². The van der Waals surface area contributed by atoms with Gasteiger partial charge in [-0.3, -0.25) is 14.5 Å². The number of carbonyl (C=O) groups is 2. The number of hydrogen-bond donors (Lipinski definition) is 1. The number of rotatable bonds is 6. The summed E-state index contributed by atoms with van der Waals surface area (Å²) < 4.78 is 0. The first-order valence-corrected chi connectivity index (χ1v) is 10.8. The quantitative estimate of drug-likeness (QED) is 0.822. The molecule has 0 aromatic heterocycles. The highest BCUT2D eigenvalue weighted by Crippen LogP contribution is 2.32. The fourth-order valence-electron chi connectivity index (χ4n) is 4.92. The molecule has 0 unspecified atom stereocenters. The van der Waals surface area contributed by atoms with Gasteiger partial charge in [0.25, 0.3) is 0 Å². The van der Waals surface area contributed by atoms with Crippen LogP contribution in [0.2, 0.25) is 0 Å². The fourth-order valence-corrected chi connectivity index (χ4v) is 4.92. The maximum Gasteiger partial charge on any atom is 0.225 e. The van der Waals surface area contributed by atoms with Crippen LogP contribution in [0.1, 0.15) is 50.7 Å². The highest BCUT2D eigenvalue weighted by atomic mass is 16.2. The molecule has 1 saturated carbocycles. The van der Waals surface area contributed by atoms with Crippen LogP contribution in [0.4, 0.5) is 0 Å². The van der Waals surface area contributed by atoms with Gasteiger partial charge in [-0.1, -0.05) is 38.1 Å². The zero-order valence-corrected chi connectivity index (χ0v) is 17.2. The number of benzene rings is 1. The van der Waals surface area contributed by atoms with E-state index in [1.54, 1.807) is 0 Å². The van der Waals surface area contributed by atoms with E-state index in [4.69, 9.17) is 0 Å². The van der Waals surface area contributed by atoms with Crippen LogP contribution in [0, 0.1) is 17.8 Å². The molecule has 0 spiro atoms. The van der Waals surface area contributed by atoms with Crippen LogP contribution in [0.25, 0.3) is 0 Å². The van der Waals surface area contributed by atoms with Crippen LogP contribution in [0.3, 0.4) is 0 Å². The lowest BCUT2D eigenvalue weighted by Crippen LogP contribution is -2.38. The van der Waals surface area contributed by atoms with Gasteiger partial charge in [0.1, 0.15) is 0 Å². The molecule has 2 amide bonds. The Balaban J connectivity index is 1.24. The van der Waals surface area contributed by atoms with Gasteiger partial charge in [-0.05, 0) is 42.2 Å². The average molecular weight is 384 g/mol. The van der Waals surface area contributed by atoms with Gasteiger partial charge in [0, 0.05) is 45.2 Å². The second kappa shape index (κ2) is 8.24. The maximum absolute atomic E-state index is 12.4. The number of piperidine rings is 1.